The number of benzene rings is 3. The maximum Gasteiger partial charge on any atom is 0.147 e. The molecular formula is C31H18N4. The summed E-state index contributed by atoms with van der Waals surface area (Å²) < 4.78 is 2.28. The second-order valence-corrected chi connectivity index (χ2v) is 9.70. The second-order valence-electron chi connectivity index (χ2n) is 9.70. The molecule has 7 aromatic rings. The van der Waals surface area contributed by atoms with E-state index in [0.717, 1.165) is 45.8 Å². The maximum atomic E-state index is 5.12. The minimum absolute atomic E-state index is 0.911. The van der Waals surface area contributed by atoms with Gasteiger partial charge in [-0.2, -0.15) is 0 Å². The van der Waals surface area contributed by atoms with Crippen molar-refractivity contribution in [2.45, 2.75) is 12.8 Å². The van der Waals surface area contributed by atoms with Gasteiger partial charge in [-0.25, -0.2) is 9.97 Å². The van der Waals surface area contributed by atoms with E-state index < -0.39 is 0 Å². The Bertz CT molecular complexity index is 2070. The summed E-state index contributed by atoms with van der Waals surface area (Å²) in [4.78, 5) is 14.3. The summed E-state index contributed by atoms with van der Waals surface area (Å²) in [6.07, 6.45) is 7.58. The van der Waals surface area contributed by atoms with Crippen molar-refractivity contribution in [3.63, 3.8) is 0 Å². The Morgan fingerprint density at radius 3 is 2.46 bits per heavy atom. The zero-order valence-electron chi connectivity index (χ0n) is 18.8. The molecule has 0 fully saturated rings. The van der Waals surface area contributed by atoms with Crippen LogP contribution < -0.4 is 0 Å². The van der Waals surface area contributed by atoms with Crippen molar-refractivity contribution in [1.82, 2.24) is 19.4 Å². The van der Waals surface area contributed by atoms with Crippen LogP contribution in [0.1, 0.15) is 22.3 Å². The average molecular weight is 447 g/mol. The van der Waals surface area contributed by atoms with Crippen LogP contribution in [0.25, 0.3) is 60.7 Å². The summed E-state index contributed by atoms with van der Waals surface area (Å²) in [5, 5.41) is 3.30. The van der Waals surface area contributed by atoms with Crippen LogP contribution in [0.15, 0.2) is 85.3 Å². The minimum atomic E-state index is 0.911. The highest BCUT2D eigenvalue weighted by Gasteiger charge is 2.28. The Morgan fingerprint density at radius 2 is 1.49 bits per heavy atom. The molecule has 0 amide bonds. The molecule has 0 N–H and O–H groups in total. The standard InChI is InChI=1S/C31H18N4/c1-2-5-20-17(4-1)12-18-13-25-19(14-24(18)20)15-26-21(25)7-8-28-29(26)35-30-22(6-3-10-33-30)27-16-32-11-9-23(27)31(35)34-28/h1-11,13-14,16H,12,15H2. The molecule has 0 aliphatic heterocycles. The Hall–Kier alpha value is -4.57. The molecule has 4 heterocycles. The Kier molecular flexibility index (Phi) is 3.11. The molecule has 4 aromatic heterocycles. The van der Waals surface area contributed by atoms with Gasteiger partial charge in [0, 0.05) is 41.2 Å². The molecule has 0 atom stereocenters. The van der Waals surface area contributed by atoms with Crippen LogP contribution in [0.3, 0.4) is 0 Å². The van der Waals surface area contributed by atoms with Crippen molar-refractivity contribution in [2.24, 2.45) is 0 Å². The number of hydrogen-bond donors (Lipinski definition) is 0. The summed E-state index contributed by atoms with van der Waals surface area (Å²) in [5.41, 5.74) is 15.2. The predicted octanol–water partition coefficient (Wildman–Crippen LogP) is 6.73. The van der Waals surface area contributed by atoms with Gasteiger partial charge in [-0.15, -0.1) is 0 Å². The van der Waals surface area contributed by atoms with E-state index in [0.29, 0.717) is 0 Å². The van der Waals surface area contributed by atoms with Crippen LogP contribution in [0.5, 0.6) is 0 Å². The molecule has 4 heteroatoms. The fraction of sp³-hybridized carbons (Fsp3) is 0.0645. The molecule has 0 spiro atoms. The molecule has 9 rings (SSSR count). The molecule has 3 aromatic carbocycles. The zero-order valence-corrected chi connectivity index (χ0v) is 18.8. The first kappa shape index (κ1) is 17.8. The SMILES string of the molecule is c1ccc2c(c1)Cc1cc3c(cc1-2)Cc1c-3ccc2nc3c4ccncc4c4cccnc4n3c12. The lowest BCUT2D eigenvalue weighted by atomic mass is 9.98. The van der Waals surface area contributed by atoms with Gasteiger partial charge in [0.2, 0.25) is 0 Å². The molecule has 0 radical (unpaired) electrons. The maximum absolute atomic E-state index is 5.12. The number of fused-ring (bicyclic) bond motifs is 15. The number of hydrogen-bond acceptors (Lipinski definition) is 3. The van der Waals surface area contributed by atoms with Gasteiger partial charge in [0.15, 0.2) is 0 Å². The van der Waals surface area contributed by atoms with E-state index >= 15 is 0 Å². The largest absolute Gasteiger partial charge is 0.275 e. The lowest BCUT2D eigenvalue weighted by molar-refractivity contribution is 1.20. The van der Waals surface area contributed by atoms with E-state index in [9.17, 15) is 0 Å². The highest BCUT2D eigenvalue weighted by atomic mass is 15.1. The van der Waals surface area contributed by atoms with Crippen molar-refractivity contribution >= 4 is 38.5 Å². The molecule has 35 heavy (non-hydrogen) atoms. The van der Waals surface area contributed by atoms with Gasteiger partial charge in [-0.1, -0.05) is 30.3 Å². The topological polar surface area (TPSA) is 43.1 Å². The van der Waals surface area contributed by atoms with Crippen molar-refractivity contribution in [1.29, 1.82) is 0 Å². The number of imidazole rings is 1. The monoisotopic (exact) mass is 446 g/mol. The number of nitrogens with zero attached hydrogens (tertiary/aromatic N) is 4. The normalized spacial score (nSPS) is 13.5. The van der Waals surface area contributed by atoms with Gasteiger partial charge in [-0.3, -0.25) is 9.38 Å². The van der Waals surface area contributed by atoms with Crippen LogP contribution in [-0.4, -0.2) is 19.4 Å². The second kappa shape index (κ2) is 6.10. The Balaban J connectivity index is 1.38. The first-order valence-electron chi connectivity index (χ1n) is 12.0. The van der Waals surface area contributed by atoms with Gasteiger partial charge < -0.3 is 0 Å². The van der Waals surface area contributed by atoms with E-state index in [4.69, 9.17) is 9.97 Å². The van der Waals surface area contributed by atoms with Crippen LogP contribution in [0.2, 0.25) is 0 Å². The Labute approximate surface area is 200 Å². The highest BCUT2D eigenvalue weighted by molar-refractivity contribution is 6.13. The molecule has 162 valence electrons. The lowest BCUT2D eigenvalue weighted by Gasteiger charge is -2.09. The summed E-state index contributed by atoms with van der Waals surface area (Å²) in [7, 11) is 0. The number of rotatable bonds is 0. The molecule has 2 aliphatic carbocycles. The smallest absolute Gasteiger partial charge is 0.147 e. The van der Waals surface area contributed by atoms with Gasteiger partial charge >= 0.3 is 0 Å². The molecule has 0 bridgehead atoms. The first-order chi connectivity index (χ1) is 17.3. The van der Waals surface area contributed by atoms with Gasteiger partial charge in [0.25, 0.3) is 0 Å². The van der Waals surface area contributed by atoms with Crippen LogP contribution in [0.4, 0.5) is 0 Å². The quantitative estimate of drug-likeness (QED) is 0.243. The van der Waals surface area contributed by atoms with Crippen molar-refractivity contribution in [3.05, 3.63) is 108 Å². The first-order valence-corrected chi connectivity index (χ1v) is 12.0. The molecule has 0 unspecified atom stereocenters. The van der Waals surface area contributed by atoms with Gasteiger partial charge in [0.05, 0.1) is 11.0 Å². The molecule has 4 nitrogen and oxygen atoms in total. The Morgan fingerprint density at radius 1 is 0.629 bits per heavy atom. The van der Waals surface area contributed by atoms with E-state index in [1.165, 1.54) is 50.0 Å². The number of pyridine rings is 3. The van der Waals surface area contributed by atoms with Gasteiger partial charge in [0.1, 0.15) is 11.3 Å². The lowest BCUT2D eigenvalue weighted by Crippen LogP contribution is -1.96. The summed E-state index contributed by atoms with van der Waals surface area (Å²) in [6.45, 7) is 0. The predicted molar refractivity (Wildman–Crippen MR) is 140 cm³/mol. The minimum Gasteiger partial charge on any atom is -0.275 e. The molecule has 0 saturated heterocycles. The van der Waals surface area contributed by atoms with E-state index in [2.05, 4.69) is 70.0 Å². The van der Waals surface area contributed by atoms with E-state index in [-0.39, 0.29) is 0 Å². The van der Waals surface area contributed by atoms with Crippen molar-refractivity contribution in [2.75, 3.05) is 0 Å². The van der Waals surface area contributed by atoms with Crippen LogP contribution in [-0.2, 0) is 12.8 Å². The fourth-order valence-electron chi connectivity index (χ4n) is 6.46. The van der Waals surface area contributed by atoms with Crippen LogP contribution in [0, 0.1) is 0 Å². The van der Waals surface area contributed by atoms with Crippen molar-refractivity contribution in [3.8, 4) is 22.3 Å². The average Bonchev–Trinajstić information content (AvgIpc) is 3.58. The van der Waals surface area contributed by atoms with Crippen LogP contribution >= 0.6 is 0 Å². The molecule has 0 saturated carbocycles. The molecule has 2 aliphatic rings. The third kappa shape index (κ3) is 2.15. The summed E-state index contributed by atoms with van der Waals surface area (Å²) in [6, 6.07) is 24.3. The highest BCUT2D eigenvalue weighted by Crippen LogP contribution is 2.46. The number of aromatic nitrogens is 4. The van der Waals surface area contributed by atoms with Crippen molar-refractivity contribution < 1.29 is 0 Å². The third-order valence-corrected chi connectivity index (χ3v) is 7.95. The van der Waals surface area contributed by atoms with E-state index in [1.807, 2.05) is 24.7 Å². The molecular weight excluding hydrogens is 428 g/mol. The van der Waals surface area contributed by atoms with Gasteiger partial charge in [-0.05, 0) is 87.3 Å². The zero-order chi connectivity index (χ0) is 22.7. The summed E-state index contributed by atoms with van der Waals surface area (Å²) >= 11 is 0. The summed E-state index contributed by atoms with van der Waals surface area (Å²) in [5.74, 6) is 0. The fourth-order valence-corrected chi connectivity index (χ4v) is 6.46. The third-order valence-electron chi connectivity index (χ3n) is 7.95. The van der Waals surface area contributed by atoms with E-state index in [1.54, 1.807) is 0 Å².